The average molecular weight is 596 g/mol. The maximum absolute atomic E-state index is 13.7. The lowest BCUT2D eigenvalue weighted by atomic mass is 9.95. The molecule has 5 rings (SSSR count). The van der Waals surface area contributed by atoms with E-state index in [0.29, 0.717) is 45.9 Å². The van der Waals surface area contributed by atoms with Gasteiger partial charge in [-0.2, -0.15) is 4.98 Å². The number of benzene rings is 3. The number of aliphatic imine (C=N–C) groups is 2. The molecule has 1 aliphatic rings. The maximum Gasteiger partial charge on any atom is 0.302 e. The lowest BCUT2D eigenvalue weighted by Gasteiger charge is -2.27. The maximum atomic E-state index is 13.7. The van der Waals surface area contributed by atoms with E-state index in [2.05, 4.69) is 32.9 Å². The van der Waals surface area contributed by atoms with Crippen molar-refractivity contribution >= 4 is 46.8 Å². The molecule has 5 N–H and O–H groups in total. The van der Waals surface area contributed by atoms with Crippen LogP contribution in [0.15, 0.2) is 104 Å². The number of aromatic nitrogens is 1. The van der Waals surface area contributed by atoms with Crippen molar-refractivity contribution in [1.29, 1.82) is 0 Å². The van der Waals surface area contributed by atoms with Gasteiger partial charge >= 0.3 is 6.01 Å². The van der Waals surface area contributed by atoms with Crippen LogP contribution in [0.2, 0.25) is 5.02 Å². The molecular formula is C33H34ClN7O2. The molecule has 10 heteroatoms. The van der Waals surface area contributed by atoms with Crippen molar-refractivity contribution in [3.63, 3.8) is 0 Å². The summed E-state index contributed by atoms with van der Waals surface area (Å²) >= 11 is 6.69. The van der Waals surface area contributed by atoms with E-state index in [0.717, 1.165) is 34.2 Å². The molecule has 0 aliphatic carbocycles. The van der Waals surface area contributed by atoms with Crippen molar-refractivity contribution in [2.75, 3.05) is 11.9 Å². The van der Waals surface area contributed by atoms with Crippen LogP contribution in [0.5, 0.6) is 0 Å². The Hall–Kier alpha value is -4.89. The second kappa shape index (κ2) is 13.4. The minimum atomic E-state index is -0.690. The zero-order valence-electron chi connectivity index (χ0n) is 24.3. The van der Waals surface area contributed by atoms with E-state index < -0.39 is 6.04 Å². The molecular weight excluding hydrogens is 562 g/mol. The third-order valence-corrected chi connectivity index (χ3v) is 7.41. The zero-order chi connectivity index (χ0) is 30.3. The van der Waals surface area contributed by atoms with E-state index in [4.69, 9.17) is 26.7 Å². The number of para-hydroxylation sites is 1. The average Bonchev–Trinajstić information content (AvgIpc) is 3.41. The van der Waals surface area contributed by atoms with Gasteiger partial charge in [-0.25, -0.2) is 4.99 Å². The van der Waals surface area contributed by atoms with Gasteiger partial charge in [0.1, 0.15) is 11.6 Å². The Morgan fingerprint density at radius 1 is 1.14 bits per heavy atom. The quantitative estimate of drug-likeness (QED) is 0.176. The number of halogens is 1. The van der Waals surface area contributed by atoms with Crippen molar-refractivity contribution in [2.24, 2.45) is 15.7 Å². The first-order valence-electron chi connectivity index (χ1n) is 14.1. The number of amides is 1. The normalized spacial score (nSPS) is 15.5. The van der Waals surface area contributed by atoms with E-state index >= 15 is 0 Å². The lowest BCUT2D eigenvalue weighted by molar-refractivity contribution is -0.117. The van der Waals surface area contributed by atoms with E-state index in [9.17, 15) is 4.79 Å². The fraction of sp³-hybridized carbons (Fsp3) is 0.212. The number of fused-ring (bicyclic) bond motifs is 1. The number of oxazole rings is 1. The molecule has 1 unspecified atom stereocenters. The predicted octanol–water partition coefficient (Wildman–Crippen LogP) is 5.97. The number of anilines is 1. The summed E-state index contributed by atoms with van der Waals surface area (Å²) < 4.78 is 6.03. The third-order valence-electron chi connectivity index (χ3n) is 7.08. The Bertz CT molecular complexity index is 1760. The Kier molecular flexibility index (Phi) is 9.22. The molecule has 1 aliphatic heterocycles. The Morgan fingerprint density at radius 2 is 1.95 bits per heavy atom. The van der Waals surface area contributed by atoms with Crippen molar-refractivity contribution in [3.8, 4) is 0 Å². The number of hydrogen-bond acceptors (Lipinski definition) is 8. The van der Waals surface area contributed by atoms with Crippen LogP contribution in [0.4, 0.5) is 6.01 Å². The highest BCUT2D eigenvalue weighted by Crippen LogP contribution is 2.35. The highest BCUT2D eigenvalue weighted by atomic mass is 35.5. The van der Waals surface area contributed by atoms with Crippen molar-refractivity contribution < 1.29 is 9.21 Å². The molecule has 0 spiro atoms. The number of carbonyl (C=O) groups is 1. The number of aryl methyl sites for hydroxylation is 2. The summed E-state index contributed by atoms with van der Waals surface area (Å²) in [4.78, 5) is 27.6. The van der Waals surface area contributed by atoms with Gasteiger partial charge in [-0.1, -0.05) is 73.1 Å². The molecule has 0 fully saturated rings. The Morgan fingerprint density at radius 3 is 2.70 bits per heavy atom. The van der Waals surface area contributed by atoms with Gasteiger partial charge in [0.15, 0.2) is 5.58 Å². The van der Waals surface area contributed by atoms with Gasteiger partial charge in [0.25, 0.3) is 5.91 Å². The minimum absolute atomic E-state index is 0.191. The molecule has 4 aromatic rings. The van der Waals surface area contributed by atoms with E-state index in [1.807, 2.05) is 80.6 Å². The first kappa shape index (κ1) is 29.6. The van der Waals surface area contributed by atoms with Gasteiger partial charge in [-0.15, -0.1) is 0 Å². The second-order valence-corrected chi connectivity index (χ2v) is 10.6. The minimum Gasteiger partial charge on any atom is -0.423 e. The number of rotatable bonds is 9. The van der Waals surface area contributed by atoms with Crippen LogP contribution < -0.4 is 21.7 Å². The lowest BCUT2D eigenvalue weighted by Crippen LogP contribution is -2.39. The largest absolute Gasteiger partial charge is 0.423 e. The molecule has 2 heterocycles. The van der Waals surface area contributed by atoms with Gasteiger partial charge < -0.3 is 20.8 Å². The molecule has 9 nitrogen and oxygen atoms in total. The second-order valence-electron chi connectivity index (χ2n) is 10.2. The molecule has 1 aromatic heterocycles. The summed E-state index contributed by atoms with van der Waals surface area (Å²) in [6.07, 6.45) is 3.93. The highest BCUT2D eigenvalue weighted by Gasteiger charge is 2.31. The summed E-state index contributed by atoms with van der Waals surface area (Å²) in [6, 6.07) is 21.1. The van der Waals surface area contributed by atoms with Crippen LogP contribution in [0.3, 0.4) is 0 Å². The first-order chi connectivity index (χ1) is 20.9. The van der Waals surface area contributed by atoms with Gasteiger partial charge in [-0.3, -0.25) is 15.1 Å². The van der Waals surface area contributed by atoms with Crippen LogP contribution in [0, 0.1) is 6.92 Å². The van der Waals surface area contributed by atoms with Gasteiger partial charge in [0.2, 0.25) is 5.96 Å². The number of nitrogens with one attached hydrogen (secondary N) is 3. The molecule has 0 saturated heterocycles. The van der Waals surface area contributed by atoms with Crippen LogP contribution in [-0.4, -0.2) is 29.6 Å². The number of hydrogen-bond donors (Lipinski definition) is 4. The molecule has 1 atom stereocenters. The number of nitrogens with zero attached hydrogens (tertiary/aromatic N) is 3. The number of carbonyl (C=O) groups excluding carboxylic acids is 1. The van der Waals surface area contributed by atoms with Gasteiger partial charge in [0.05, 0.1) is 12.1 Å². The molecule has 0 radical (unpaired) electrons. The topological polar surface area (TPSA) is 130 Å². The SMILES string of the molecule is CCc1cccc2nc(NC3=NC(c4ccc(C)cc4Cl)C(C(=O)NCC(C=NCc4ccccc4)=CN)=C(C)N3)oc12. The van der Waals surface area contributed by atoms with Crippen molar-refractivity contribution in [2.45, 2.75) is 39.8 Å². The summed E-state index contributed by atoms with van der Waals surface area (Å²) in [5.41, 5.74) is 12.9. The van der Waals surface area contributed by atoms with Crippen LogP contribution in [-0.2, 0) is 17.8 Å². The van der Waals surface area contributed by atoms with Crippen molar-refractivity contribution in [1.82, 2.24) is 15.6 Å². The number of nitrogens with two attached hydrogens (primary N) is 1. The van der Waals surface area contributed by atoms with E-state index in [1.54, 1.807) is 6.21 Å². The fourth-order valence-corrected chi connectivity index (χ4v) is 5.17. The Labute approximate surface area is 255 Å². The molecule has 3 aromatic carbocycles. The van der Waals surface area contributed by atoms with Gasteiger partial charge in [-0.05, 0) is 49.1 Å². The number of allylic oxidation sites excluding steroid dienone is 1. The third kappa shape index (κ3) is 6.95. The molecule has 1 amide bonds. The zero-order valence-corrected chi connectivity index (χ0v) is 25.1. The summed E-state index contributed by atoms with van der Waals surface area (Å²) in [6.45, 7) is 6.55. The predicted molar refractivity (Wildman–Crippen MR) is 173 cm³/mol. The Balaban J connectivity index is 1.37. The van der Waals surface area contributed by atoms with E-state index in [-0.39, 0.29) is 12.5 Å². The van der Waals surface area contributed by atoms with Crippen LogP contribution in [0.25, 0.3) is 11.1 Å². The van der Waals surface area contributed by atoms with Gasteiger partial charge in [0, 0.05) is 40.8 Å². The van der Waals surface area contributed by atoms with Crippen molar-refractivity contribution in [3.05, 3.63) is 117 Å². The van der Waals surface area contributed by atoms with Crippen LogP contribution >= 0.6 is 11.6 Å². The number of guanidine groups is 1. The van der Waals surface area contributed by atoms with Crippen LogP contribution in [0.1, 0.15) is 42.1 Å². The molecule has 0 saturated carbocycles. The standard InChI is InChI=1S/C33H34ClN7O2/c1-4-24-11-8-12-27-30(24)43-33(39-27)41-32-38-21(3)28(29(40-32)25-14-13-20(2)15-26(25)34)31(42)37-19-23(16-35)18-36-17-22-9-6-5-7-10-22/h5-16,18,29H,4,17,19,35H2,1-3H3,(H,37,42)(H2,38,39,40,41). The summed E-state index contributed by atoms with van der Waals surface area (Å²) in [7, 11) is 0. The monoisotopic (exact) mass is 595 g/mol. The smallest absolute Gasteiger partial charge is 0.302 e. The summed E-state index contributed by atoms with van der Waals surface area (Å²) in [5, 5.41) is 9.83. The molecule has 220 valence electrons. The molecule has 0 bridgehead atoms. The van der Waals surface area contributed by atoms with E-state index in [1.165, 1.54) is 6.20 Å². The first-order valence-corrected chi connectivity index (χ1v) is 14.4. The highest BCUT2D eigenvalue weighted by molar-refractivity contribution is 6.31. The molecule has 43 heavy (non-hydrogen) atoms. The summed E-state index contributed by atoms with van der Waals surface area (Å²) in [5.74, 6) is 0.0792. The fourth-order valence-electron chi connectivity index (χ4n) is 4.83.